The maximum absolute atomic E-state index is 13.0. The van der Waals surface area contributed by atoms with Crippen LogP contribution in [-0.2, 0) is 9.47 Å². The van der Waals surface area contributed by atoms with Crippen LogP contribution in [0, 0.1) is 11.7 Å². The molecule has 21 heavy (non-hydrogen) atoms. The van der Waals surface area contributed by atoms with E-state index in [0.717, 1.165) is 13.0 Å². The molecule has 1 atom stereocenters. The summed E-state index contributed by atoms with van der Waals surface area (Å²) >= 11 is 0. The minimum atomic E-state index is -0.435. The van der Waals surface area contributed by atoms with Gasteiger partial charge in [0.25, 0.3) is 0 Å². The van der Waals surface area contributed by atoms with E-state index in [0.29, 0.717) is 30.0 Å². The quantitative estimate of drug-likeness (QED) is 0.878. The topological polar surface area (TPSA) is 64.2 Å². The normalized spacial score (nSPS) is 17.9. The Kier molecular flexibility index (Phi) is 3.96. The number of benzene rings is 1. The summed E-state index contributed by atoms with van der Waals surface area (Å²) in [5.41, 5.74) is 1.56. The van der Waals surface area contributed by atoms with Gasteiger partial charge in [-0.3, -0.25) is 5.10 Å². The van der Waals surface area contributed by atoms with Gasteiger partial charge in [0.2, 0.25) is 0 Å². The third kappa shape index (κ3) is 3.11. The van der Waals surface area contributed by atoms with Crippen LogP contribution in [0.5, 0.6) is 0 Å². The first-order valence-electron chi connectivity index (χ1n) is 6.78. The van der Waals surface area contributed by atoms with E-state index >= 15 is 0 Å². The molecule has 1 N–H and O–H groups in total. The first-order valence-corrected chi connectivity index (χ1v) is 6.78. The SMILES string of the molecule is O=C(OC[C@H]1CCOC1)c1cn[nH]c1-c1ccc(F)cc1. The molecule has 2 heterocycles. The van der Waals surface area contributed by atoms with Crippen molar-refractivity contribution in [2.24, 2.45) is 5.92 Å². The zero-order valence-electron chi connectivity index (χ0n) is 11.3. The number of nitrogens with one attached hydrogen (secondary N) is 1. The van der Waals surface area contributed by atoms with Crippen molar-refractivity contribution in [2.45, 2.75) is 6.42 Å². The van der Waals surface area contributed by atoms with E-state index in [2.05, 4.69) is 10.2 Å². The van der Waals surface area contributed by atoms with E-state index in [1.807, 2.05) is 0 Å². The molecule has 1 fully saturated rings. The van der Waals surface area contributed by atoms with E-state index in [-0.39, 0.29) is 11.7 Å². The highest BCUT2D eigenvalue weighted by atomic mass is 19.1. The van der Waals surface area contributed by atoms with Gasteiger partial charge in [-0.1, -0.05) is 0 Å². The van der Waals surface area contributed by atoms with Crippen LogP contribution in [0.2, 0.25) is 0 Å². The van der Waals surface area contributed by atoms with Crippen LogP contribution in [0.3, 0.4) is 0 Å². The molecule has 110 valence electrons. The first kappa shape index (κ1) is 13.8. The van der Waals surface area contributed by atoms with Crippen LogP contribution < -0.4 is 0 Å². The summed E-state index contributed by atoms with van der Waals surface area (Å²) in [4.78, 5) is 12.1. The number of aromatic amines is 1. The molecule has 0 saturated carbocycles. The maximum atomic E-state index is 13.0. The van der Waals surface area contributed by atoms with Gasteiger partial charge in [0, 0.05) is 18.1 Å². The minimum Gasteiger partial charge on any atom is -0.462 e. The van der Waals surface area contributed by atoms with Gasteiger partial charge in [0.05, 0.1) is 25.1 Å². The van der Waals surface area contributed by atoms with Crippen LogP contribution in [-0.4, -0.2) is 36.0 Å². The fourth-order valence-corrected chi connectivity index (χ4v) is 2.26. The fourth-order valence-electron chi connectivity index (χ4n) is 2.26. The number of nitrogens with zero attached hydrogens (tertiary/aromatic N) is 1. The lowest BCUT2D eigenvalue weighted by Gasteiger charge is -2.09. The molecule has 1 saturated heterocycles. The average molecular weight is 290 g/mol. The van der Waals surface area contributed by atoms with Gasteiger partial charge in [-0.2, -0.15) is 5.10 Å². The molecule has 1 aromatic heterocycles. The van der Waals surface area contributed by atoms with E-state index in [1.54, 1.807) is 12.1 Å². The Morgan fingerprint density at radius 2 is 2.24 bits per heavy atom. The Bertz CT molecular complexity index is 618. The highest BCUT2D eigenvalue weighted by Gasteiger charge is 2.21. The number of rotatable bonds is 4. The van der Waals surface area contributed by atoms with Gasteiger partial charge < -0.3 is 9.47 Å². The molecule has 0 spiro atoms. The molecular formula is C15H15FN2O3. The van der Waals surface area contributed by atoms with Crippen molar-refractivity contribution in [3.8, 4) is 11.3 Å². The smallest absolute Gasteiger partial charge is 0.341 e. The summed E-state index contributed by atoms with van der Waals surface area (Å²) in [6, 6.07) is 5.84. The van der Waals surface area contributed by atoms with Gasteiger partial charge in [-0.15, -0.1) is 0 Å². The Hall–Kier alpha value is -2.21. The molecule has 1 aromatic carbocycles. The molecule has 0 aliphatic carbocycles. The Balaban J connectivity index is 1.72. The number of ether oxygens (including phenoxy) is 2. The van der Waals surface area contributed by atoms with Crippen molar-refractivity contribution >= 4 is 5.97 Å². The molecule has 1 aliphatic rings. The zero-order valence-corrected chi connectivity index (χ0v) is 11.3. The van der Waals surface area contributed by atoms with Crippen molar-refractivity contribution < 1.29 is 18.7 Å². The van der Waals surface area contributed by atoms with Crippen molar-refractivity contribution in [3.05, 3.63) is 41.8 Å². The monoisotopic (exact) mass is 290 g/mol. The van der Waals surface area contributed by atoms with Gasteiger partial charge in [0.1, 0.15) is 11.4 Å². The van der Waals surface area contributed by atoms with Gasteiger partial charge in [0.15, 0.2) is 0 Å². The standard InChI is InChI=1S/C15H15FN2O3/c16-12-3-1-11(2-4-12)14-13(7-17-18-14)15(19)21-9-10-5-6-20-8-10/h1-4,7,10H,5-6,8-9H2,(H,17,18)/t10-/m0/s1. The molecule has 3 rings (SSSR count). The number of H-pyrrole nitrogens is 1. The molecule has 0 amide bonds. The van der Waals surface area contributed by atoms with Crippen molar-refractivity contribution in [2.75, 3.05) is 19.8 Å². The predicted molar refractivity (Wildman–Crippen MR) is 73.2 cm³/mol. The van der Waals surface area contributed by atoms with Gasteiger partial charge >= 0.3 is 5.97 Å². The Labute approximate surface area is 121 Å². The summed E-state index contributed by atoms with van der Waals surface area (Å²) in [5.74, 6) is -0.506. The summed E-state index contributed by atoms with van der Waals surface area (Å²) in [7, 11) is 0. The number of hydrogen-bond donors (Lipinski definition) is 1. The summed E-state index contributed by atoms with van der Waals surface area (Å²) in [6.07, 6.45) is 2.33. The van der Waals surface area contributed by atoms with Crippen molar-refractivity contribution in [3.63, 3.8) is 0 Å². The molecule has 6 heteroatoms. The largest absolute Gasteiger partial charge is 0.462 e. The van der Waals surface area contributed by atoms with Crippen molar-refractivity contribution in [1.29, 1.82) is 0 Å². The lowest BCUT2D eigenvalue weighted by Crippen LogP contribution is -2.14. The fraction of sp³-hybridized carbons (Fsp3) is 0.333. The Morgan fingerprint density at radius 3 is 2.95 bits per heavy atom. The Morgan fingerprint density at radius 1 is 1.43 bits per heavy atom. The molecule has 5 nitrogen and oxygen atoms in total. The highest BCUT2D eigenvalue weighted by molar-refractivity contribution is 5.95. The summed E-state index contributed by atoms with van der Waals surface area (Å²) in [5, 5.41) is 6.63. The van der Waals surface area contributed by atoms with Crippen LogP contribution in [0.1, 0.15) is 16.8 Å². The first-order chi connectivity index (χ1) is 10.2. The van der Waals surface area contributed by atoms with Crippen molar-refractivity contribution in [1.82, 2.24) is 10.2 Å². The molecule has 0 unspecified atom stereocenters. The van der Waals surface area contributed by atoms with Gasteiger partial charge in [-0.25, -0.2) is 9.18 Å². The number of esters is 1. The van der Waals surface area contributed by atoms with E-state index in [1.165, 1.54) is 18.3 Å². The summed E-state index contributed by atoms with van der Waals surface area (Å²) < 4.78 is 23.5. The minimum absolute atomic E-state index is 0.259. The zero-order chi connectivity index (χ0) is 14.7. The third-order valence-corrected chi connectivity index (χ3v) is 3.47. The second-order valence-corrected chi connectivity index (χ2v) is 4.99. The van der Waals surface area contributed by atoms with E-state index < -0.39 is 5.97 Å². The van der Waals surface area contributed by atoms with Crippen LogP contribution in [0.4, 0.5) is 4.39 Å². The van der Waals surface area contributed by atoms with Crippen LogP contribution >= 0.6 is 0 Å². The third-order valence-electron chi connectivity index (χ3n) is 3.47. The van der Waals surface area contributed by atoms with E-state index in [4.69, 9.17) is 9.47 Å². The maximum Gasteiger partial charge on any atom is 0.341 e. The molecule has 0 bridgehead atoms. The number of aromatic nitrogens is 2. The van der Waals surface area contributed by atoms with Gasteiger partial charge in [-0.05, 0) is 30.7 Å². The van der Waals surface area contributed by atoms with Crippen LogP contribution in [0.15, 0.2) is 30.5 Å². The number of carbonyl (C=O) groups excluding carboxylic acids is 1. The number of carbonyl (C=O) groups is 1. The average Bonchev–Trinajstić information content (AvgIpc) is 3.17. The molecule has 2 aromatic rings. The van der Waals surface area contributed by atoms with Crippen LogP contribution in [0.25, 0.3) is 11.3 Å². The summed E-state index contributed by atoms with van der Waals surface area (Å²) in [6.45, 7) is 1.69. The lowest BCUT2D eigenvalue weighted by atomic mass is 10.1. The second kappa shape index (κ2) is 6.05. The second-order valence-electron chi connectivity index (χ2n) is 4.99. The number of halogens is 1. The lowest BCUT2D eigenvalue weighted by molar-refractivity contribution is 0.0429. The molecule has 0 radical (unpaired) electrons. The number of hydrogen-bond acceptors (Lipinski definition) is 4. The predicted octanol–water partition coefficient (Wildman–Crippen LogP) is 2.41. The molecule has 1 aliphatic heterocycles. The highest BCUT2D eigenvalue weighted by Crippen LogP contribution is 2.22. The van der Waals surface area contributed by atoms with E-state index in [9.17, 15) is 9.18 Å². The molecular weight excluding hydrogens is 275 g/mol.